The van der Waals surface area contributed by atoms with Crippen LogP contribution < -0.4 is 15.8 Å². The molecule has 1 rings (SSSR count). The number of nitrogens with two attached hydrogens (primary N) is 1. The van der Waals surface area contributed by atoms with Gasteiger partial charge in [0.15, 0.2) is 0 Å². The van der Waals surface area contributed by atoms with Gasteiger partial charge in [-0.2, -0.15) is 0 Å². The minimum Gasteiger partial charge on any atom is -0.405 e. The third kappa shape index (κ3) is 6.48. The summed E-state index contributed by atoms with van der Waals surface area (Å²) in [6.45, 7) is 1.92. The van der Waals surface area contributed by atoms with Gasteiger partial charge in [0.2, 0.25) is 5.91 Å². The fourth-order valence-electron chi connectivity index (χ4n) is 1.74. The molecule has 0 aromatic heterocycles. The summed E-state index contributed by atoms with van der Waals surface area (Å²) < 4.78 is 40.7. The molecule has 3 N–H and O–H groups in total. The first kappa shape index (κ1) is 17.3. The lowest BCUT2D eigenvalue weighted by molar-refractivity contribution is -0.274. The molecule has 0 saturated carbocycles. The van der Waals surface area contributed by atoms with E-state index in [0.29, 0.717) is 6.42 Å². The van der Waals surface area contributed by atoms with E-state index in [-0.39, 0.29) is 23.8 Å². The van der Waals surface area contributed by atoms with Crippen LogP contribution in [-0.2, 0) is 11.3 Å². The molecule has 0 aliphatic carbocycles. The topological polar surface area (TPSA) is 64.4 Å². The van der Waals surface area contributed by atoms with Gasteiger partial charge in [0, 0.05) is 12.1 Å². The highest BCUT2D eigenvalue weighted by atomic mass is 19.4. The van der Waals surface area contributed by atoms with Crippen LogP contribution in [0.5, 0.6) is 5.75 Å². The standard InChI is InChI=1S/C14H19F3N2O2/c1-2-3-7-11(18)13(20)19-9-10-6-4-5-8-12(10)21-14(15,16)17/h4-6,8,11H,2-3,7,9,18H2,1H3,(H,19,20). The molecule has 0 radical (unpaired) electrons. The Morgan fingerprint density at radius 3 is 2.67 bits per heavy atom. The van der Waals surface area contributed by atoms with Gasteiger partial charge in [-0.05, 0) is 12.5 Å². The second-order valence-corrected chi connectivity index (χ2v) is 4.62. The number of halogens is 3. The Morgan fingerprint density at radius 2 is 2.05 bits per heavy atom. The Bertz CT molecular complexity index is 464. The Hall–Kier alpha value is -1.76. The number of nitrogens with one attached hydrogen (secondary N) is 1. The van der Waals surface area contributed by atoms with Crippen molar-refractivity contribution in [3.63, 3.8) is 0 Å². The van der Waals surface area contributed by atoms with Gasteiger partial charge in [-0.3, -0.25) is 4.79 Å². The van der Waals surface area contributed by atoms with Gasteiger partial charge < -0.3 is 15.8 Å². The predicted octanol–water partition coefficient (Wildman–Crippen LogP) is 2.72. The summed E-state index contributed by atoms with van der Waals surface area (Å²) in [6.07, 6.45) is -2.48. The molecular formula is C14H19F3N2O2. The van der Waals surface area contributed by atoms with Gasteiger partial charge in [-0.15, -0.1) is 13.2 Å². The van der Waals surface area contributed by atoms with Gasteiger partial charge in [0.1, 0.15) is 5.75 Å². The molecule has 1 unspecified atom stereocenters. The average Bonchev–Trinajstić information content (AvgIpc) is 2.41. The fraction of sp³-hybridized carbons (Fsp3) is 0.500. The number of carbonyl (C=O) groups excluding carboxylic acids is 1. The van der Waals surface area contributed by atoms with Crippen molar-refractivity contribution in [2.24, 2.45) is 5.73 Å². The number of amides is 1. The smallest absolute Gasteiger partial charge is 0.405 e. The van der Waals surface area contributed by atoms with E-state index in [1.807, 2.05) is 6.92 Å². The molecule has 4 nitrogen and oxygen atoms in total. The van der Waals surface area contributed by atoms with Crippen molar-refractivity contribution in [1.82, 2.24) is 5.32 Å². The third-order valence-electron chi connectivity index (χ3n) is 2.86. The Kier molecular flexibility index (Phi) is 6.48. The number of hydrogen-bond acceptors (Lipinski definition) is 3. The van der Waals surface area contributed by atoms with E-state index < -0.39 is 12.4 Å². The predicted molar refractivity (Wildman–Crippen MR) is 72.5 cm³/mol. The second kappa shape index (κ2) is 7.87. The van der Waals surface area contributed by atoms with Crippen molar-refractivity contribution in [2.75, 3.05) is 0 Å². The summed E-state index contributed by atoms with van der Waals surface area (Å²) in [4.78, 5) is 11.7. The first-order chi connectivity index (χ1) is 9.83. The molecule has 1 amide bonds. The number of benzene rings is 1. The molecule has 0 spiro atoms. The lowest BCUT2D eigenvalue weighted by Gasteiger charge is -2.15. The van der Waals surface area contributed by atoms with E-state index in [9.17, 15) is 18.0 Å². The Morgan fingerprint density at radius 1 is 1.38 bits per heavy atom. The maximum atomic E-state index is 12.3. The first-order valence-corrected chi connectivity index (χ1v) is 6.70. The zero-order valence-corrected chi connectivity index (χ0v) is 11.7. The van der Waals surface area contributed by atoms with Crippen molar-refractivity contribution >= 4 is 5.91 Å². The van der Waals surface area contributed by atoms with E-state index in [0.717, 1.165) is 12.8 Å². The maximum Gasteiger partial charge on any atom is 0.573 e. The summed E-state index contributed by atoms with van der Waals surface area (Å²) in [6, 6.07) is 5.01. The number of ether oxygens (including phenoxy) is 1. The number of alkyl halides is 3. The molecule has 0 bridgehead atoms. The molecule has 118 valence electrons. The molecule has 0 aliphatic heterocycles. The van der Waals surface area contributed by atoms with Crippen LogP contribution in [0.15, 0.2) is 24.3 Å². The minimum atomic E-state index is -4.77. The molecular weight excluding hydrogens is 285 g/mol. The van der Waals surface area contributed by atoms with E-state index in [4.69, 9.17) is 5.73 Å². The zero-order valence-electron chi connectivity index (χ0n) is 11.7. The average molecular weight is 304 g/mol. The third-order valence-corrected chi connectivity index (χ3v) is 2.86. The summed E-state index contributed by atoms with van der Waals surface area (Å²) in [7, 11) is 0. The quantitative estimate of drug-likeness (QED) is 0.814. The number of carbonyl (C=O) groups is 1. The zero-order chi connectivity index (χ0) is 15.9. The van der Waals surface area contributed by atoms with E-state index in [1.54, 1.807) is 6.07 Å². The monoisotopic (exact) mass is 304 g/mol. The van der Waals surface area contributed by atoms with Crippen LogP contribution in [0.4, 0.5) is 13.2 Å². The van der Waals surface area contributed by atoms with Gasteiger partial charge in [-0.1, -0.05) is 38.0 Å². The maximum absolute atomic E-state index is 12.3. The van der Waals surface area contributed by atoms with Gasteiger partial charge in [0.25, 0.3) is 0 Å². The number of unbranched alkanes of at least 4 members (excludes halogenated alkanes) is 1. The minimum absolute atomic E-state index is 0.0646. The molecule has 0 saturated heterocycles. The number of para-hydroxylation sites is 1. The van der Waals surface area contributed by atoms with Crippen LogP contribution in [-0.4, -0.2) is 18.3 Å². The van der Waals surface area contributed by atoms with Crippen LogP contribution in [0, 0.1) is 0 Å². The van der Waals surface area contributed by atoms with Crippen LogP contribution in [0.2, 0.25) is 0 Å². The Labute approximate surface area is 121 Å². The lowest BCUT2D eigenvalue weighted by Crippen LogP contribution is -2.40. The highest BCUT2D eigenvalue weighted by Crippen LogP contribution is 2.26. The van der Waals surface area contributed by atoms with Gasteiger partial charge in [0.05, 0.1) is 6.04 Å². The summed E-state index contributed by atoms with van der Waals surface area (Å²) >= 11 is 0. The van der Waals surface area contributed by atoms with Gasteiger partial charge in [-0.25, -0.2) is 0 Å². The molecule has 0 aliphatic rings. The van der Waals surface area contributed by atoms with Crippen LogP contribution in [0.3, 0.4) is 0 Å². The number of hydrogen-bond donors (Lipinski definition) is 2. The SMILES string of the molecule is CCCCC(N)C(=O)NCc1ccccc1OC(F)(F)F. The van der Waals surface area contributed by atoms with Crippen LogP contribution >= 0.6 is 0 Å². The van der Waals surface area contributed by atoms with Crippen molar-refractivity contribution in [3.8, 4) is 5.75 Å². The summed E-state index contributed by atoms with van der Waals surface area (Å²) in [5.41, 5.74) is 5.93. The highest BCUT2D eigenvalue weighted by molar-refractivity contribution is 5.81. The lowest BCUT2D eigenvalue weighted by atomic mass is 10.1. The molecule has 0 fully saturated rings. The van der Waals surface area contributed by atoms with Crippen molar-refractivity contribution in [3.05, 3.63) is 29.8 Å². The van der Waals surface area contributed by atoms with E-state index in [1.165, 1.54) is 18.2 Å². The van der Waals surface area contributed by atoms with E-state index in [2.05, 4.69) is 10.1 Å². The highest BCUT2D eigenvalue weighted by Gasteiger charge is 2.32. The Balaban J connectivity index is 2.61. The summed E-state index contributed by atoms with van der Waals surface area (Å²) in [5, 5.41) is 2.52. The molecule has 1 aromatic rings. The first-order valence-electron chi connectivity index (χ1n) is 6.70. The largest absolute Gasteiger partial charge is 0.573 e. The van der Waals surface area contributed by atoms with Crippen molar-refractivity contribution in [2.45, 2.75) is 45.1 Å². The number of rotatable bonds is 7. The van der Waals surface area contributed by atoms with E-state index >= 15 is 0 Å². The molecule has 21 heavy (non-hydrogen) atoms. The molecule has 0 heterocycles. The van der Waals surface area contributed by atoms with Crippen LogP contribution in [0.1, 0.15) is 31.7 Å². The fourth-order valence-corrected chi connectivity index (χ4v) is 1.74. The second-order valence-electron chi connectivity index (χ2n) is 4.62. The van der Waals surface area contributed by atoms with Gasteiger partial charge >= 0.3 is 6.36 Å². The normalized spacial score (nSPS) is 12.8. The van der Waals surface area contributed by atoms with Crippen molar-refractivity contribution < 1.29 is 22.7 Å². The van der Waals surface area contributed by atoms with Crippen molar-refractivity contribution in [1.29, 1.82) is 0 Å². The molecule has 1 aromatic carbocycles. The molecule has 1 atom stereocenters. The molecule has 7 heteroatoms. The van der Waals surface area contributed by atoms with Crippen LogP contribution in [0.25, 0.3) is 0 Å². The summed E-state index contributed by atoms with van der Waals surface area (Å²) in [5.74, 6) is -0.710.